The molecular formula is C15H13ClN4O2S. The highest BCUT2D eigenvalue weighted by Gasteiger charge is 2.19. The van der Waals surface area contributed by atoms with Crippen LogP contribution in [0.15, 0.2) is 41.8 Å². The number of esters is 1. The third-order valence-corrected chi connectivity index (χ3v) is 4.57. The lowest BCUT2D eigenvalue weighted by molar-refractivity contribution is -0.139. The number of ether oxygens (including phenoxy) is 1. The van der Waals surface area contributed by atoms with Gasteiger partial charge in [0, 0.05) is 5.02 Å². The highest BCUT2D eigenvalue weighted by molar-refractivity contribution is 8.00. The van der Waals surface area contributed by atoms with Gasteiger partial charge in [-0.3, -0.25) is 4.79 Å². The molecule has 0 saturated carbocycles. The molecule has 1 unspecified atom stereocenters. The van der Waals surface area contributed by atoms with Crippen molar-refractivity contribution < 1.29 is 9.53 Å². The first-order valence-corrected chi connectivity index (χ1v) is 8.05. The maximum absolute atomic E-state index is 11.6. The van der Waals surface area contributed by atoms with Crippen LogP contribution in [0.1, 0.15) is 6.92 Å². The maximum atomic E-state index is 11.6. The van der Waals surface area contributed by atoms with Crippen molar-refractivity contribution in [1.29, 1.82) is 0 Å². The van der Waals surface area contributed by atoms with Crippen LogP contribution in [0.25, 0.3) is 16.7 Å². The molecule has 3 rings (SSSR count). The predicted octanol–water partition coefficient (Wildman–Crippen LogP) is 3.12. The fourth-order valence-corrected chi connectivity index (χ4v) is 3.10. The molecule has 0 fully saturated rings. The summed E-state index contributed by atoms with van der Waals surface area (Å²) in [6, 6.07) is 7.31. The third kappa shape index (κ3) is 3.16. The van der Waals surface area contributed by atoms with E-state index in [-0.39, 0.29) is 11.2 Å². The first-order chi connectivity index (χ1) is 11.1. The van der Waals surface area contributed by atoms with Gasteiger partial charge in [0.15, 0.2) is 5.65 Å². The molecule has 3 aromatic rings. The summed E-state index contributed by atoms with van der Waals surface area (Å²) in [6.07, 6.45) is 3.15. The van der Waals surface area contributed by atoms with E-state index in [2.05, 4.69) is 15.1 Å². The van der Waals surface area contributed by atoms with E-state index >= 15 is 0 Å². The number of carbonyl (C=O) groups excluding carboxylic acids is 1. The predicted molar refractivity (Wildman–Crippen MR) is 89.0 cm³/mol. The molecule has 1 aromatic carbocycles. The van der Waals surface area contributed by atoms with Crippen LogP contribution >= 0.6 is 23.4 Å². The lowest BCUT2D eigenvalue weighted by Gasteiger charge is -2.08. The second-order valence-electron chi connectivity index (χ2n) is 4.73. The summed E-state index contributed by atoms with van der Waals surface area (Å²) < 4.78 is 6.45. The number of fused-ring (bicyclic) bond motifs is 1. The number of halogens is 1. The molecule has 0 aliphatic carbocycles. The Bertz CT molecular complexity index is 850. The second kappa shape index (κ2) is 6.55. The molecule has 0 saturated heterocycles. The second-order valence-corrected chi connectivity index (χ2v) is 6.50. The Balaban J connectivity index is 2.00. The maximum Gasteiger partial charge on any atom is 0.318 e. The van der Waals surface area contributed by atoms with Gasteiger partial charge in [0.1, 0.15) is 16.6 Å². The van der Waals surface area contributed by atoms with E-state index in [1.54, 1.807) is 29.9 Å². The fourth-order valence-electron chi connectivity index (χ4n) is 2.07. The number of nitrogens with zero attached hydrogens (tertiary/aromatic N) is 4. The van der Waals surface area contributed by atoms with E-state index in [0.29, 0.717) is 15.7 Å². The first-order valence-electron chi connectivity index (χ1n) is 6.79. The van der Waals surface area contributed by atoms with Gasteiger partial charge in [-0.15, -0.1) is 0 Å². The van der Waals surface area contributed by atoms with E-state index in [9.17, 15) is 4.79 Å². The monoisotopic (exact) mass is 348 g/mol. The van der Waals surface area contributed by atoms with Gasteiger partial charge >= 0.3 is 5.97 Å². The molecule has 0 bridgehead atoms. The van der Waals surface area contributed by atoms with Crippen molar-refractivity contribution >= 4 is 40.4 Å². The standard InChI is InChI=1S/C15H13ClN4O2S/c1-9(15(21)22-2)23-14-12-7-19-20(13(12)17-8-18-14)11-5-3-10(16)4-6-11/h3-9H,1-2H3. The van der Waals surface area contributed by atoms with Crippen molar-refractivity contribution in [2.75, 3.05) is 7.11 Å². The van der Waals surface area contributed by atoms with E-state index in [1.807, 2.05) is 12.1 Å². The van der Waals surface area contributed by atoms with Crippen LogP contribution in [0.3, 0.4) is 0 Å². The number of benzene rings is 1. The van der Waals surface area contributed by atoms with Crippen molar-refractivity contribution in [3.63, 3.8) is 0 Å². The summed E-state index contributed by atoms with van der Waals surface area (Å²) in [4.78, 5) is 20.1. The molecule has 0 aliphatic rings. The zero-order valence-electron chi connectivity index (χ0n) is 12.4. The molecule has 8 heteroatoms. The van der Waals surface area contributed by atoms with Crippen molar-refractivity contribution in [2.24, 2.45) is 0 Å². The lowest BCUT2D eigenvalue weighted by Crippen LogP contribution is -2.14. The fraction of sp³-hybridized carbons (Fsp3) is 0.200. The number of hydrogen-bond donors (Lipinski definition) is 0. The topological polar surface area (TPSA) is 69.9 Å². The molecule has 0 N–H and O–H groups in total. The van der Waals surface area contributed by atoms with Crippen molar-refractivity contribution in [1.82, 2.24) is 19.7 Å². The smallest absolute Gasteiger partial charge is 0.318 e. The molecule has 1 atom stereocenters. The molecule has 2 aromatic heterocycles. The van der Waals surface area contributed by atoms with Crippen molar-refractivity contribution in [3.05, 3.63) is 41.8 Å². The van der Waals surface area contributed by atoms with Gasteiger partial charge in [-0.2, -0.15) is 5.10 Å². The van der Waals surface area contributed by atoms with Gasteiger partial charge in [-0.1, -0.05) is 23.4 Å². The Morgan fingerprint density at radius 3 is 2.74 bits per heavy atom. The number of carbonyl (C=O) groups is 1. The Morgan fingerprint density at radius 2 is 2.04 bits per heavy atom. The average Bonchev–Trinajstić information content (AvgIpc) is 3.00. The van der Waals surface area contributed by atoms with Crippen LogP contribution < -0.4 is 0 Å². The van der Waals surface area contributed by atoms with Gasteiger partial charge in [-0.05, 0) is 31.2 Å². The van der Waals surface area contributed by atoms with Gasteiger partial charge in [0.2, 0.25) is 0 Å². The minimum atomic E-state index is -0.364. The summed E-state index contributed by atoms with van der Waals surface area (Å²) in [5.74, 6) is -0.299. The number of aromatic nitrogens is 4. The Labute approximate surface area is 141 Å². The molecular weight excluding hydrogens is 336 g/mol. The van der Waals surface area contributed by atoms with Crippen LogP contribution in [0.5, 0.6) is 0 Å². The quantitative estimate of drug-likeness (QED) is 0.410. The Hall–Kier alpha value is -2.12. The molecule has 0 radical (unpaired) electrons. The summed E-state index contributed by atoms with van der Waals surface area (Å²) in [6.45, 7) is 1.77. The highest BCUT2D eigenvalue weighted by atomic mass is 35.5. The molecule has 2 heterocycles. The van der Waals surface area contributed by atoms with E-state index in [4.69, 9.17) is 16.3 Å². The van der Waals surface area contributed by atoms with Crippen molar-refractivity contribution in [3.8, 4) is 5.69 Å². The van der Waals surface area contributed by atoms with E-state index < -0.39 is 0 Å². The van der Waals surface area contributed by atoms with E-state index in [1.165, 1.54) is 25.2 Å². The van der Waals surface area contributed by atoms with Crippen LogP contribution in [0, 0.1) is 0 Å². The lowest BCUT2D eigenvalue weighted by atomic mass is 10.3. The molecule has 6 nitrogen and oxygen atoms in total. The zero-order chi connectivity index (χ0) is 16.4. The summed E-state index contributed by atoms with van der Waals surface area (Å²) >= 11 is 7.23. The summed E-state index contributed by atoms with van der Waals surface area (Å²) in [7, 11) is 1.37. The average molecular weight is 349 g/mol. The van der Waals surface area contributed by atoms with Gasteiger partial charge < -0.3 is 4.74 Å². The number of hydrogen-bond acceptors (Lipinski definition) is 6. The van der Waals surface area contributed by atoms with Crippen LogP contribution in [-0.4, -0.2) is 38.1 Å². The molecule has 118 valence electrons. The number of rotatable bonds is 4. The van der Waals surface area contributed by atoms with Gasteiger partial charge in [-0.25, -0.2) is 14.6 Å². The minimum absolute atomic E-state index is 0.299. The summed E-state index contributed by atoms with van der Waals surface area (Å²) in [5, 5.41) is 6.13. The van der Waals surface area contributed by atoms with Crippen LogP contribution in [0.2, 0.25) is 5.02 Å². The van der Waals surface area contributed by atoms with Crippen molar-refractivity contribution in [2.45, 2.75) is 17.2 Å². The molecule has 0 amide bonds. The first kappa shape index (κ1) is 15.8. The molecule has 0 aliphatic heterocycles. The largest absolute Gasteiger partial charge is 0.468 e. The Kier molecular flexibility index (Phi) is 4.49. The molecule has 0 spiro atoms. The molecule has 23 heavy (non-hydrogen) atoms. The van der Waals surface area contributed by atoms with Gasteiger partial charge in [0.25, 0.3) is 0 Å². The van der Waals surface area contributed by atoms with E-state index in [0.717, 1.165) is 11.1 Å². The highest BCUT2D eigenvalue weighted by Crippen LogP contribution is 2.29. The van der Waals surface area contributed by atoms with Gasteiger partial charge in [0.05, 0.1) is 24.4 Å². The minimum Gasteiger partial charge on any atom is -0.468 e. The summed E-state index contributed by atoms with van der Waals surface area (Å²) in [5.41, 5.74) is 1.52. The number of thioether (sulfide) groups is 1. The number of methoxy groups -OCH3 is 1. The third-order valence-electron chi connectivity index (χ3n) is 3.22. The SMILES string of the molecule is COC(=O)C(C)Sc1ncnc2c1cnn2-c1ccc(Cl)cc1. The van der Waals surface area contributed by atoms with Crippen LogP contribution in [-0.2, 0) is 9.53 Å². The van der Waals surface area contributed by atoms with Crippen LogP contribution in [0.4, 0.5) is 0 Å². The zero-order valence-corrected chi connectivity index (χ0v) is 14.0. The normalized spacial score (nSPS) is 12.3. The Morgan fingerprint density at radius 1 is 1.30 bits per heavy atom.